The van der Waals surface area contributed by atoms with Crippen molar-refractivity contribution in [1.29, 1.82) is 0 Å². The molecule has 1 saturated carbocycles. The van der Waals surface area contributed by atoms with E-state index in [1.165, 1.54) is 13.5 Å². The van der Waals surface area contributed by atoms with E-state index in [0.29, 0.717) is 23.5 Å². The van der Waals surface area contributed by atoms with Gasteiger partial charge in [-0.2, -0.15) is 0 Å². The Morgan fingerprint density at radius 3 is 2.44 bits per heavy atom. The summed E-state index contributed by atoms with van der Waals surface area (Å²) in [5, 5.41) is 0. The Morgan fingerprint density at radius 2 is 1.85 bits per heavy atom. The molecule has 1 fully saturated rings. The highest BCUT2D eigenvalue weighted by Crippen LogP contribution is 2.36. The fourth-order valence-corrected chi connectivity index (χ4v) is 3.97. The topological polar surface area (TPSA) is 55.8 Å². The first kappa shape index (κ1) is 19.2. The first-order chi connectivity index (χ1) is 13.1. The summed E-state index contributed by atoms with van der Waals surface area (Å²) >= 11 is 0. The zero-order valence-corrected chi connectivity index (χ0v) is 16.3. The Morgan fingerprint density at radius 1 is 1.19 bits per heavy atom. The van der Waals surface area contributed by atoms with Crippen molar-refractivity contribution in [3.05, 3.63) is 46.7 Å². The van der Waals surface area contributed by atoms with Crippen LogP contribution in [0.3, 0.4) is 0 Å². The molecule has 0 saturated heterocycles. The highest BCUT2D eigenvalue weighted by atomic mass is 16.5. The smallest absolute Gasteiger partial charge is 0.340 e. The van der Waals surface area contributed by atoms with E-state index < -0.39 is 5.97 Å². The number of ether oxygens (including phenoxy) is 2. The van der Waals surface area contributed by atoms with Crippen LogP contribution in [-0.4, -0.2) is 36.5 Å². The molecule has 1 aliphatic carbocycles. The van der Waals surface area contributed by atoms with Gasteiger partial charge in [-0.05, 0) is 50.5 Å². The zero-order chi connectivity index (χ0) is 19.4. The SMILES string of the molecule is CCOc1ccc(/C=C2\C(=O)N(C3CCCCC3)C(C)=C2C(=O)OC)cc1. The van der Waals surface area contributed by atoms with Gasteiger partial charge in [0.05, 0.1) is 24.9 Å². The summed E-state index contributed by atoms with van der Waals surface area (Å²) in [6, 6.07) is 7.67. The van der Waals surface area contributed by atoms with Crippen LogP contribution in [0.4, 0.5) is 0 Å². The number of rotatable bonds is 5. The molecule has 1 amide bonds. The molecule has 0 bridgehead atoms. The monoisotopic (exact) mass is 369 g/mol. The van der Waals surface area contributed by atoms with Crippen molar-refractivity contribution in [1.82, 2.24) is 4.90 Å². The van der Waals surface area contributed by atoms with E-state index in [9.17, 15) is 9.59 Å². The summed E-state index contributed by atoms with van der Waals surface area (Å²) < 4.78 is 10.4. The molecule has 0 spiro atoms. The Balaban J connectivity index is 1.96. The third kappa shape index (κ3) is 3.92. The van der Waals surface area contributed by atoms with Gasteiger partial charge in [0.25, 0.3) is 5.91 Å². The molecule has 0 radical (unpaired) electrons. The molecule has 5 heteroatoms. The van der Waals surface area contributed by atoms with Crippen LogP contribution in [0.25, 0.3) is 6.08 Å². The summed E-state index contributed by atoms with van der Waals surface area (Å²) in [7, 11) is 1.35. The van der Waals surface area contributed by atoms with Crippen molar-refractivity contribution >= 4 is 18.0 Å². The molecular weight excluding hydrogens is 342 g/mol. The fraction of sp³-hybridized carbons (Fsp3) is 0.455. The lowest BCUT2D eigenvalue weighted by Gasteiger charge is -2.32. The van der Waals surface area contributed by atoms with Gasteiger partial charge in [-0.1, -0.05) is 31.4 Å². The number of methoxy groups -OCH3 is 1. The number of hydrogen-bond donors (Lipinski definition) is 0. The molecule has 5 nitrogen and oxygen atoms in total. The summed E-state index contributed by atoms with van der Waals surface area (Å²) in [5.74, 6) is 0.214. The van der Waals surface area contributed by atoms with E-state index in [1.807, 2.05) is 43.0 Å². The minimum atomic E-state index is -0.462. The van der Waals surface area contributed by atoms with E-state index in [0.717, 1.165) is 37.0 Å². The molecule has 3 rings (SSSR count). The van der Waals surface area contributed by atoms with Crippen molar-refractivity contribution in [3.8, 4) is 5.75 Å². The quantitative estimate of drug-likeness (QED) is 0.579. The van der Waals surface area contributed by atoms with Gasteiger partial charge in [0.2, 0.25) is 0 Å². The van der Waals surface area contributed by atoms with Crippen molar-refractivity contribution in [2.45, 2.75) is 52.0 Å². The van der Waals surface area contributed by atoms with Gasteiger partial charge in [-0.15, -0.1) is 0 Å². The van der Waals surface area contributed by atoms with Crippen LogP contribution in [0.5, 0.6) is 5.75 Å². The van der Waals surface area contributed by atoms with E-state index >= 15 is 0 Å². The van der Waals surface area contributed by atoms with E-state index in [4.69, 9.17) is 9.47 Å². The second kappa shape index (κ2) is 8.42. The van der Waals surface area contributed by atoms with Gasteiger partial charge in [0, 0.05) is 11.7 Å². The lowest BCUT2D eigenvalue weighted by molar-refractivity contribution is -0.136. The number of hydrogen-bond acceptors (Lipinski definition) is 4. The van der Waals surface area contributed by atoms with Crippen molar-refractivity contribution in [2.24, 2.45) is 0 Å². The molecule has 1 heterocycles. The van der Waals surface area contributed by atoms with Gasteiger partial charge in [-0.25, -0.2) is 4.79 Å². The number of carbonyl (C=O) groups is 2. The maximum absolute atomic E-state index is 13.2. The fourth-order valence-electron chi connectivity index (χ4n) is 3.97. The molecule has 1 aromatic rings. The Kier molecular flexibility index (Phi) is 5.99. The second-order valence-corrected chi connectivity index (χ2v) is 6.98. The first-order valence-corrected chi connectivity index (χ1v) is 9.64. The van der Waals surface area contributed by atoms with Crippen molar-refractivity contribution in [3.63, 3.8) is 0 Å². The van der Waals surface area contributed by atoms with Crippen LogP contribution >= 0.6 is 0 Å². The standard InChI is InChI=1S/C22H27NO4/c1-4-27-18-12-10-16(11-13-18)14-19-20(22(25)26-3)15(2)23(21(19)24)17-8-6-5-7-9-17/h10-14,17H,4-9H2,1-3H3/b19-14-. The molecule has 27 heavy (non-hydrogen) atoms. The van der Waals surface area contributed by atoms with Gasteiger partial charge < -0.3 is 14.4 Å². The lowest BCUT2D eigenvalue weighted by Crippen LogP contribution is -2.37. The number of nitrogens with zero attached hydrogens (tertiary/aromatic N) is 1. The van der Waals surface area contributed by atoms with Crippen molar-refractivity contribution in [2.75, 3.05) is 13.7 Å². The highest BCUT2D eigenvalue weighted by Gasteiger charge is 2.40. The molecule has 2 aliphatic rings. The van der Waals surface area contributed by atoms with Crippen LogP contribution in [0.1, 0.15) is 51.5 Å². The van der Waals surface area contributed by atoms with Crippen LogP contribution < -0.4 is 4.74 Å². The van der Waals surface area contributed by atoms with Gasteiger partial charge in [-0.3, -0.25) is 4.79 Å². The molecular formula is C22H27NO4. The average molecular weight is 369 g/mol. The third-order valence-electron chi connectivity index (χ3n) is 5.27. The summed E-state index contributed by atoms with van der Waals surface area (Å²) in [4.78, 5) is 27.4. The molecule has 1 aromatic carbocycles. The minimum Gasteiger partial charge on any atom is -0.494 e. The van der Waals surface area contributed by atoms with Gasteiger partial charge >= 0.3 is 5.97 Å². The summed E-state index contributed by atoms with van der Waals surface area (Å²) in [6.45, 7) is 4.38. The number of carbonyl (C=O) groups excluding carboxylic acids is 2. The molecule has 0 N–H and O–H groups in total. The highest BCUT2D eigenvalue weighted by molar-refractivity contribution is 6.16. The Bertz CT molecular complexity index is 770. The van der Waals surface area contributed by atoms with Crippen LogP contribution in [0.15, 0.2) is 41.1 Å². The largest absolute Gasteiger partial charge is 0.494 e. The first-order valence-electron chi connectivity index (χ1n) is 9.64. The molecule has 0 atom stereocenters. The molecule has 144 valence electrons. The number of esters is 1. The Labute approximate surface area is 160 Å². The van der Waals surface area contributed by atoms with Crippen molar-refractivity contribution < 1.29 is 19.1 Å². The maximum atomic E-state index is 13.2. The number of allylic oxidation sites excluding steroid dienone is 1. The van der Waals surface area contributed by atoms with E-state index in [1.54, 1.807) is 6.08 Å². The van der Waals surface area contributed by atoms with Gasteiger partial charge in [0.1, 0.15) is 5.75 Å². The molecule has 1 aliphatic heterocycles. The van der Waals surface area contributed by atoms with E-state index in [2.05, 4.69) is 0 Å². The van der Waals surface area contributed by atoms with Gasteiger partial charge in [0.15, 0.2) is 0 Å². The second-order valence-electron chi connectivity index (χ2n) is 6.98. The maximum Gasteiger partial charge on any atom is 0.340 e. The number of amides is 1. The summed E-state index contributed by atoms with van der Waals surface area (Å²) in [5.41, 5.74) is 2.34. The Hall–Kier alpha value is -2.56. The molecule has 0 unspecified atom stereocenters. The van der Waals surface area contributed by atoms with E-state index in [-0.39, 0.29) is 11.9 Å². The molecule has 0 aromatic heterocycles. The zero-order valence-electron chi connectivity index (χ0n) is 16.3. The van der Waals surface area contributed by atoms with Crippen LogP contribution in [0, 0.1) is 0 Å². The normalized spacial score (nSPS) is 19.7. The minimum absolute atomic E-state index is 0.103. The van der Waals surface area contributed by atoms with Crippen LogP contribution in [0.2, 0.25) is 0 Å². The average Bonchev–Trinajstić information content (AvgIpc) is 2.93. The number of benzene rings is 1. The predicted octanol–water partition coefficient (Wildman–Crippen LogP) is 4.09. The predicted molar refractivity (Wildman–Crippen MR) is 104 cm³/mol. The summed E-state index contributed by atoms with van der Waals surface area (Å²) in [6.07, 6.45) is 7.18. The lowest BCUT2D eigenvalue weighted by atomic mass is 9.94. The van der Waals surface area contributed by atoms with Crippen LogP contribution in [-0.2, 0) is 14.3 Å². The third-order valence-corrected chi connectivity index (χ3v) is 5.27.